The highest BCUT2D eigenvalue weighted by Gasteiger charge is 2.07. The van der Waals surface area contributed by atoms with Crippen molar-refractivity contribution in [2.24, 2.45) is 5.73 Å². The molecule has 0 heterocycles. The molecule has 1 aromatic rings. The van der Waals surface area contributed by atoms with Crippen LogP contribution in [0.1, 0.15) is 15.9 Å². The van der Waals surface area contributed by atoms with Crippen LogP contribution < -0.4 is 11.5 Å². The monoisotopic (exact) mass is 184 g/mol. The summed E-state index contributed by atoms with van der Waals surface area (Å²) in [6.45, 7) is 1.79. The first-order valence-electron chi connectivity index (χ1n) is 3.38. The summed E-state index contributed by atoms with van der Waals surface area (Å²) in [6, 6.07) is 3.11. The Labute approximate surface area is 75.3 Å². The molecule has 4 N–H and O–H groups in total. The second kappa shape index (κ2) is 3.03. The highest BCUT2D eigenvalue weighted by atomic mass is 35.5. The molecule has 12 heavy (non-hydrogen) atoms. The Morgan fingerprint density at radius 2 is 2.08 bits per heavy atom. The van der Waals surface area contributed by atoms with E-state index in [9.17, 15) is 4.79 Å². The molecular weight excluding hydrogens is 176 g/mol. The Balaban J connectivity index is 3.33. The Morgan fingerprint density at radius 3 is 2.58 bits per heavy atom. The molecule has 1 amide bonds. The number of amides is 1. The lowest BCUT2D eigenvalue weighted by atomic mass is 10.1. The van der Waals surface area contributed by atoms with Crippen LogP contribution in [0.4, 0.5) is 5.69 Å². The van der Waals surface area contributed by atoms with Crippen molar-refractivity contribution in [3.05, 3.63) is 28.3 Å². The minimum absolute atomic E-state index is 0.317. The first kappa shape index (κ1) is 8.87. The lowest BCUT2D eigenvalue weighted by molar-refractivity contribution is 0.100. The van der Waals surface area contributed by atoms with Gasteiger partial charge in [0.2, 0.25) is 0 Å². The summed E-state index contributed by atoms with van der Waals surface area (Å²) in [5.74, 6) is -0.535. The van der Waals surface area contributed by atoms with E-state index in [0.29, 0.717) is 16.3 Å². The van der Waals surface area contributed by atoms with Crippen LogP contribution in [-0.4, -0.2) is 5.91 Å². The maximum Gasteiger partial charge on any atom is 0.250 e. The highest BCUT2D eigenvalue weighted by Crippen LogP contribution is 2.21. The number of halogens is 1. The molecule has 0 radical (unpaired) electrons. The van der Waals surface area contributed by atoms with Crippen LogP contribution in [0, 0.1) is 6.92 Å². The minimum Gasteiger partial charge on any atom is -0.398 e. The lowest BCUT2D eigenvalue weighted by Crippen LogP contribution is -2.13. The quantitative estimate of drug-likeness (QED) is 0.647. The first-order valence-corrected chi connectivity index (χ1v) is 3.75. The van der Waals surface area contributed by atoms with Gasteiger partial charge in [0, 0.05) is 10.7 Å². The summed E-state index contributed by atoms with van der Waals surface area (Å²) in [4.78, 5) is 10.8. The fraction of sp³-hybridized carbons (Fsp3) is 0.125. The van der Waals surface area contributed by atoms with Gasteiger partial charge in [-0.1, -0.05) is 11.6 Å². The lowest BCUT2D eigenvalue weighted by Gasteiger charge is -2.04. The fourth-order valence-electron chi connectivity index (χ4n) is 0.910. The number of carbonyl (C=O) groups excluding carboxylic acids is 1. The largest absolute Gasteiger partial charge is 0.398 e. The maximum absolute atomic E-state index is 10.8. The number of aryl methyl sites for hydroxylation is 1. The molecule has 0 aliphatic carbocycles. The molecule has 0 unspecified atom stereocenters. The van der Waals surface area contributed by atoms with E-state index >= 15 is 0 Å². The number of benzene rings is 1. The number of rotatable bonds is 1. The van der Waals surface area contributed by atoms with Gasteiger partial charge in [-0.05, 0) is 24.6 Å². The molecule has 64 valence electrons. The van der Waals surface area contributed by atoms with Crippen LogP contribution in [0.5, 0.6) is 0 Å². The number of primary amides is 1. The molecule has 1 aromatic carbocycles. The summed E-state index contributed by atoms with van der Waals surface area (Å²) < 4.78 is 0. The van der Waals surface area contributed by atoms with E-state index in [0.717, 1.165) is 5.56 Å². The average molecular weight is 185 g/mol. The molecule has 3 nitrogen and oxygen atoms in total. The summed E-state index contributed by atoms with van der Waals surface area (Å²) in [6.07, 6.45) is 0. The molecule has 0 saturated heterocycles. The van der Waals surface area contributed by atoms with Gasteiger partial charge in [0.05, 0.1) is 5.56 Å². The SMILES string of the molecule is Cc1cc(C(N)=O)c(N)cc1Cl. The highest BCUT2D eigenvalue weighted by molar-refractivity contribution is 6.31. The van der Waals surface area contributed by atoms with Gasteiger partial charge in [-0.15, -0.1) is 0 Å². The van der Waals surface area contributed by atoms with Gasteiger partial charge in [-0.2, -0.15) is 0 Å². The van der Waals surface area contributed by atoms with Crippen molar-refractivity contribution in [3.63, 3.8) is 0 Å². The van der Waals surface area contributed by atoms with E-state index in [1.165, 1.54) is 6.07 Å². The van der Waals surface area contributed by atoms with Crippen LogP contribution in [0.2, 0.25) is 5.02 Å². The van der Waals surface area contributed by atoms with Crippen molar-refractivity contribution < 1.29 is 4.79 Å². The molecule has 0 spiro atoms. The summed E-state index contributed by atoms with van der Waals surface area (Å²) in [5.41, 5.74) is 12.0. The third-order valence-corrected chi connectivity index (χ3v) is 2.00. The Kier molecular flexibility index (Phi) is 2.24. The van der Waals surface area contributed by atoms with Crippen LogP contribution in [0.25, 0.3) is 0 Å². The van der Waals surface area contributed by atoms with Crippen LogP contribution in [0.3, 0.4) is 0 Å². The third-order valence-electron chi connectivity index (χ3n) is 1.60. The molecule has 0 fully saturated rings. The van der Waals surface area contributed by atoms with Gasteiger partial charge >= 0.3 is 0 Å². The number of nitrogen functional groups attached to an aromatic ring is 1. The number of hydrogen-bond acceptors (Lipinski definition) is 2. The van der Waals surface area contributed by atoms with E-state index in [2.05, 4.69) is 0 Å². The molecule has 4 heteroatoms. The van der Waals surface area contributed by atoms with E-state index in [1.54, 1.807) is 13.0 Å². The van der Waals surface area contributed by atoms with E-state index < -0.39 is 5.91 Å². The molecule has 0 atom stereocenters. The normalized spacial score (nSPS) is 9.83. The predicted octanol–water partition coefficient (Wildman–Crippen LogP) is 1.33. The maximum atomic E-state index is 10.8. The van der Waals surface area contributed by atoms with E-state index in [-0.39, 0.29) is 0 Å². The van der Waals surface area contributed by atoms with Crippen LogP contribution in [-0.2, 0) is 0 Å². The molecule has 0 saturated carbocycles. The van der Waals surface area contributed by atoms with Gasteiger partial charge in [0.15, 0.2) is 0 Å². The zero-order valence-corrected chi connectivity index (χ0v) is 7.35. The zero-order chi connectivity index (χ0) is 9.30. The second-order valence-electron chi connectivity index (χ2n) is 2.55. The first-order chi connectivity index (χ1) is 5.52. The molecule has 0 aliphatic heterocycles. The van der Waals surface area contributed by atoms with Crippen molar-refractivity contribution in [1.82, 2.24) is 0 Å². The average Bonchev–Trinajstić information content (AvgIpc) is 1.96. The van der Waals surface area contributed by atoms with Gasteiger partial charge < -0.3 is 11.5 Å². The Bertz CT molecular complexity index is 336. The molecule has 0 aromatic heterocycles. The van der Waals surface area contributed by atoms with Crippen molar-refractivity contribution in [3.8, 4) is 0 Å². The molecule has 1 rings (SSSR count). The van der Waals surface area contributed by atoms with Crippen molar-refractivity contribution >= 4 is 23.2 Å². The van der Waals surface area contributed by atoms with E-state index in [4.69, 9.17) is 23.1 Å². The second-order valence-corrected chi connectivity index (χ2v) is 2.96. The van der Waals surface area contributed by atoms with Crippen LogP contribution >= 0.6 is 11.6 Å². The third kappa shape index (κ3) is 1.51. The molecule has 0 aliphatic rings. The number of carbonyl (C=O) groups is 1. The Hall–Kier alpha value is -1.22. The summed E-state index contributed by atoms with van der Waals surface area (Å²) >= 11 is 5.76. The molecular formula is C8H9ClN2O. The Morgan fingerprint density at radius 1 is 1.50 bits per heavy atom. The van der Waals surface area contributed by atoms with Gasteiger partial charge in [0.1, 0.15) is 0 Å². The summed E-state index contributed by atoms with van der Waals surface area (Å²) in [5, 5.41) is 0.539. The minimum atomic E-state index is -0.535. The van der Waals surface area contributed by atoms with E-state index in [1.807, 2.05) is 0 Å². The van der Waals surface area contributed by atoms with Crippen molar-refractivity contribution in [1.29, 1.82) is 0 Å². The van der Waals surface area contributed by atoms with Crippen molar-refractivity contribution in [2.45, 2.75) is 6.92 Å². The smallest absolute Gasteiger partial charge is 0.250 e. The van der Waals surface area contributed by atoms with Gasteiger partial charge in [-0.3, -0.25) is 4.79 Å². The summed E-state index contributed by atoms with van der Waals surface area (Å²) in [7, 11) is 0. The predicted molar refractivity (Wildman–Crippen MR) is 49.1 cm³/mol. The molecule has 0 bridgehead atoms. The number of nitrogens with two attached hydrogens (primary N) is 2. The number of hydrogen-bond donors (Lipinski definition) is 2. The number of anilines is 1. The van der Waals surface area contributed by atoms with Crippen LogP contribution in [0.15, 0.2) is 12.1 Å². The fourth-order valence-corrected chi connectivity index (χ4v) is 1.08. The standard InChI is InChI=1S/C8H9ClN2O/c1-4-2-5(8(11)12)7(10)3-6(4)9/h2-3H,10H2,1H3,(H2,11,12). The topological polar surface area (TPSA) is 69.1 Å². The van der Waals surface area contributed by atoms with Gasteiger partial charge in [0.25, 0.3) is 5.91 Å². The van der Waals surface area contributed by atoms with Gasteiger partial charge in [-0.25, -0.2) is 0 Å². The van der Waals surface area contributed by atoms with Crippen molar-refractivity contribution in [2.75, 3.05) is 5.73 Å². The zero-order valence-electron chi connectivity index (χ0n) is 6.60.